The molecule has 6 nitrogen and oxygen atoms in total. The number of hydrogen-bond acceptors (Lipinski definition) is 3. The molecule has 150 valence electrons. The minimum absolute atomic E-state index is 0. The van der Waals surface area contributed by atoms with Gasteiger partial charge in [0, 0.05) is 25.2 Å². The van der Waals surface area contributed by atoms with Gasteiger partial charge in [-0.25, -0.2) is 0 Å². The van der Waals surface area contributed by atoms with Crippen LogP contribution < -0.4 is 16.0 Å². The SMILES string of the molecule is CCC(C)C(=O)Nc1cccc(CNC(=NC)NC2CC3CCC2O3)c1.I. The second-order valence-electron chi connectivity index (χ2n) is 7.29. The van der Waals surface area contributed by atoms with E-state index in [-0.39, 0.29) is 35.8 Å². The van der Waals surface area contributed by atoms with Crippen LogP contribution >= 0.6 is 24.0 Å². The van der Waals surface area contributed by atoms with Crippen molar-refractivity contribution in [2.75, 3.05) is 12.4 Å². The zero-order valence-corrected chi connectivity index (χ0v) is 18.7. The Balaban J connectivity index is 0.00000261. The van der Waals surface area contributed by atoms with Gasteiger partial charge in [-0.15, -0.1) is 24.0 Å². The highest BCUT2D eigenvalue weighted by atomic mass is 127. The molecule has 0 radical (unpaired) electrons. The predicted molar refractivity (Wildman–Crippen MR) is 120 cm³/mol. The van der Waals surface area contributed by atoms with Crippen LogP contribution in [0.4, 0.5) is 5.69 Å². The third-order valence-corrected chi connectivity index (χ3v) is 5.37. The fourth-order valence-corrected chi connectivity index (χ4v) is 3.56. The van der Waals surface area contributed by atoms with Crippen LogP contribution in [0.3, 0.4) is 0 Å². The predicted octanol–water partition coefficient (Wildman–Crippen LogP) is 3.27. The molecule has 1 aromatic carbocycles. The Morgan fingerprint density at radius 3 is 2.81 bits per heavy atom. The molecule has 27 heavy (non-hydrogen) atoms. The number of carbonyl (C=O) groups is 1. The summed E-state index contributed by atoms with van der Waals surface area (Å²) in [6.45, 7) is 4.61. The molecule has 2 aliphatic rings. The molecule has 2 saturated heterocycles. The van der Waals surface area contributed by atoms with E-state index in [4.69, 9.17) is 4.74 Å². The van der Waals surface area contributed by atoms with E-state index in [9.17, 15) is 4.79 Å². The van der Waals surface area contributed by atoms with E-state index >= 15 is 0 Å². The molecule has 3 N–H and O–H groups in total. The van der Waals surface area contributed by atoms with Gasteiger partial charge in [0.05, 0.1) is 18.2 Å². The first-order valence-corrected chi connectivity index (χ1v) is 9.61. The van der Waals surface area contributed by atoms with Gasteiger partial charge in [-0.3, -0.25) is 9.79 Å². The van der Waals surface area contributed by atoms with Crippen LogP contribution in [-0.2, 0) is 16.1 Å². The molecule has 1 amide bonds. The minimum Gasteiger partial charge on any atom is -0.373 e. The van der Waals surface area contributed by atoms with Crippen molar-refractivity contribution >= 4 is 41.5 Å². The summed E-state index contributed by atoms with van der Waals surface area (Å²) in [4.78, 5) is 16.4. The highest BCUT2D eigenvalue weighted by molar-refractivity contribution is 14.0. The monoisotopic (exact) mass is 486 g/mol. The van der Waals surface area contributed by atoms with E-state index in [0.29, 0.717) is 24.8 Å². The lowest BCUT2D eigenvalue weighted by Crippen LogP contribution is -2.47. The van der Waals surface area contributed by atoms with Gasteiger partial charge < -0.3 is 20.7 Å². The lowest BCUT2D eigenvalue weighted by atomic mass is 9.96. The van der Waals surface area contributed by atoms with Gasteiger partial charge in [-0.1, -0.05) is 26.0 Å². The van der Waals surface area contributed by atoms with Crippen molar-refractivity contribution in [1.29, 1.82) is 0 Å². The molecule has 2 bridgehead atoms. The van der Waals surface area contributed by atoms with Crippen LogP contribution in [0, 0.1) is 5.92 Å². The number of carbonyl (C=O) groups excluding carboxylic acids is 1. The highest BCUT2D eigenvalue weighted by Crippen LogP contribution is 2.34. The maximum absolute atomic E-state index is 12.1. The first-order valence-electron chi connectivity index (χ1n) is 9.61. The Labute approximate surface area is 178 Å². The number of nitrogens with zero attached hydrogens (tertiary/aromatic N) is 1. The summed E-state index contributed by atoms with van der Waals surface area (Å²) >= 11 is 0. The number of anilines is 1. The van der Waals surface area contributed by atoms with E-state index in [1.807, 2.05) is 38.1 Å². The first-order chi connectivity index (χ1) is 12.6. The van der Waals surface area contributed by atoms with Gasteiger partial charge in [-0.05, 0) is 43.4 Å². The van der Waals surface area contributed by atoms with Crippen LogP contribution in [0.15, 0.2) is 29.3 Å². The molecule has 0 spiro atoms. The summed E-state index contributed by atoms with van der Waals surface area (Å²) < 4.78 is 5.89. The molecule has 7 heteroatoms. The zero-order chi connectivity index (χ0) is 18.5. The van der Waals surface area contributed by atoms with Crippen LogP contribution in [0.2, 0.25) is 0 Å². The number of hydrogen-bond donors (Lipinski definition) is 3. The topological polar surface area (TPSA) is 74.8 Å². The molecule has 1 aromatic rings. The summed E-state index contributed by atoms with van der Waals surface area (Å²) in [7, 11) is 1.78. The van der Waals surface area contributed by atoms with E-state index in [0.717, 1.165) is 36.5 Å². The number of ether oxygens (including phenoxy) is 1. The van der Waals surface area contributed by atoms with Crippen LogP contribution in [0.25, 0.3) is 0 Å². The Morgan fingerprint density at radius 1 is 1.37 bits per heavy atom. The number of rotatable bonds is 6. The molecule has 0 aliphatic carbocycles. The first kappa shape index (κ1) is 21.9. The van der Waals surface area contributed by atoms with Crippen LogP contribution in [-0.4, -0.2) is 37.2 Å². The Bertz CT molecular complexity index is 667. The van der Waals surface area contributed by atoms with E-state index < -0.39 is 0 Å². The third kappa shape index (κ3) is 5.81. The fraction of sp³-hybridized carbons (Fsp3) is 0.600. The van der Waals surface area contributed by atoms with Crippen molar-refractivity contribution < 1.29 is 9.53 Å². The average Bonchev–Trinajstić information content (AvgIpc) is 3.27. The maximum Gasteiger partial charge on any atom is 0.227 e. The van der Waals surface area contributed by atoms with Gasteiger partial charge in [0.2, 0.25) is 5.91 Å². The van der Waals surface area contributed by atoms with Crippen LogP contribution in [0.1, 0.15) is 45.1 Å². The molecular formula is C20H31IN4O2. The average molecular weight is 486 g/mol. The number of halogens is 1. The van der Waals surface area contributed by atoms with Crippen molar-refractivity contribution in [2.24, 2.45) is 10.9 Å². The summed E-state index contributed by atoms with van der Waals surface area (Å²) in [6, 6.07) is 8.27. The van der Waals surface area contributed by atoms with Gasteiger partial charge in [-0.2, -0.15) is 0 Å². The summed E-state index contributed by atoms with van der Waals surface area (Å²) in [6.07, 6.45) is 4.95. The molecule has 0 aromatic heterocycles. The van der Waals surface area contributed by atoms with Gasteiger partial charge in [0.1, 0.15) is 0 Å². The second kappa shape index (κ2) is 10.3. The Kier molecular flexibility index (Phi) is 8.34. The lowest BCUT2D eigenvalue weighted by Gasteiger charge is -2.22. The number of guanidine groups is 1. The van der Waals surface area contributed by atoms with Crippen molar-refractivity contribution in [1.82, 2.24) is 10.6 Å². The fourth-order valence-electron chi connectivity index (χ4n) is 3.56. The molecular weight excluding hydrogens is 455 g/mol. The number of fused-ring (bicyclic) bond motifs is 2. The molecule has 4 unspecified atom stereocenters. The van der Waals surface area contributed by atoms with Crippen molar-refractivity contribution in [3.05, 3.63) is 29.8 Å². The number of nitrogens with one attached hydrogen (secondary N) is 3. The molecule has 2 heterocycles. The van der Waals surface area contributed by atoms with E-state index in [1.54, 1.807) is 7.05 Å². The number of benzene rings is 1. The highest BCUT2D eigenvalue weighted by Gasteiger charge is 2.41. The quantitative estimate of drug-likeness (QED) is 0.328. The largest absolute Gasteiger partial charge is 0.373 e. The van der Waals surface area contributed by atoms with Crippen molar-refractivity contribution in [3.8, 4) is 0 Å². The summed E-state index contributed by atoms with van der Waals surface area (Å²) in [5, 5.41) is 9.82. The Morgan fingerprint density at radius 2 is 2.19 bits per heavy atom. The summed E-state index contributed by atoms with van der Waals surface area (Å²) in [5.74, 6) is 0.871. The van der Waals surface area contributed by atoms with E-state index in [1.165, 1.54) is 6.42 Å². The van der Waals surface area contributed by atoms with Gasteiger partial charge >= 0.3 is 0 Å². The molecule has 2 aliphatic heterocycles. The maximum atomic E-state index is 12.1. The van der Waals surface area contributed by atoms with Crippen molar-refractivity contribution in [2.45, 2.75) is 64.3 Å². The molecule has 3 rings (SSSR count). The molecule has 2 fully saturated rings. The lowest BCUT2D eigenvalue weighted by molar-refractivity contribution is -0.119. The molecule has 4 atom stereocenters. The smallest absolute Gasteiger partial charge is 0.227 e. The zero-order valence-electron chi connectivity index (χ0n) is 16.3. The normalized spacial score (nSPS) is 24.9. The third-order valence-electron chi connectivity index (χ3n) is 5.37. The molecule has 0 saturated carbocycles. The minimum atomic E-state index is 0. The van der Waals surface area contributed by atoms with E-state index in [2.05, 4.69) is 20.9 Å². The number of amides is 1. The van der Waals surface area contributed by atoms with Gasteiger partial charge in [0.15, 0.2) is 5.96 Å². The standard InChI is InChI=1S/C20H30N4O2.HI/c1-4-13(2)19(25)23-15-7-5-6-14(10-15)12-22-20(21-3)24-17-11-16-8-9-18(17)26-16;/h5-7,10,13,16-18H,4,8-9,11-12H2,1-3H3,(H,23,25)(H2,21,22,24);1H. The Hall–Kier alpha value is -1.35. The number of aliphatic imine (C=N–C) groups is 1. The second-order valence-corrected chi connectivity index (χ2v) is 7.29. The van der Waals surface area contributed by atoms with Gasteiger partial charge in [0.25, 0.3) is 0 Å². The van der Waals surface area contributed by atoms with Crippen LogP contribution in [0.5, 0.6) is 0 Å². The summed E-state index contributed by atoms with van der Waals surface area (Å²) in [5.41, 5.74) is 1.93. The van der Waals surface area contributed by atoms with Crippen molar-refractivity contribution in [3.63, 3.8) is 0 Å².